The summed E-state index contributed by atoms with van der Waals surface area (Å²) in [5.41, 5.74) is 16.9. The first-order valence-electron chi connectivity index (χ1n) is 22.2. The van der Waals surface area contributed by atoms with Gasteiger partial charge in [0.2, 0.25) is 11.8 Å². The van der Waals surface area contributed by atoms with Crippen LogP contribution in [-0.2, 0) is 9.47 Å². The van der Waals surface area contributed by atoms with Crippen molar-refractivity contribution in [3.05, 3.63) is 71.8 Å². The van der Waals surface area contributed by atoms with Crippen LogP contribution < -0.4 is 42.2 Å². The first-order valence-corrected chi connectivity index (χ1v) is 22.2. The largest absolute Gasteiger partial charge is 0.474 e. The van der Waals surface area contributed by atoms with Crippen LogP contribution in [0.2, 0.25) is 0 Å². The molecule has 0 saturated heterocycles. The van der Waals surface area contributed by atoms with E-state index in [0.29, 0.717) is 83.6 Å². The van der Waals surface area contributed by atoms with Crippen molar-refractivity contribution in [3.8, 4) is 46.2 Å². The fourth-order valence-electron chi connectivity index (χ4n) is 9.08. The lowest BCUT2D eigenvalue weighted by atomic mass is 9.97. The SMILES string of the molecule is Cc1c(-c2cc3cc(NC(=O)O[C@@H]4CCC[C@H]4C#N)ncc3c(N)c2F)cnc2c1NCCO2.Cc1c(-c2cc3cc(NC(=O)O[C@H]4CCC[C@@H]4C#N)ncc3c(N)c2F)cnc2c1NCCO2. The van der Waals surface area contributed by atoms with Gasteiger partial charge in [0.1, 0.15) is 48.4 Å². The molecular formula is C48H46F2N12O6. The molecular weight excluding hydrogens is 879 g/mol. The molecule has 10 rings (SSSR count). The maximum atomic E-state index is 15.3. The highest BCUT2D eigenvalue weighted by molar-refractivity contribution is 6.01. The molecule has 6 heterocycles. The third kappa shape index (κ3) is 8.75. The van der Waals surface area contributed by atoms with Gasteiger partial charge in [-0.1, -0.05) is 0 Å². The molecule has 2 amide bonds. The van der Waals surface area contributed by atoms with E-state index in [0.717, 1.165) is 48.2 Å². The molecule has 4 aromatic heterocycles. The fourth-order valence-corrected chi connectivity index (χ4v) is 9.08. The molecule has 2 aliphatic carbocycles. The second kappa shape index (κ2) is 18.9. The van der Waals surface area contributed by atoms with Gasteiger partial charge in [-0.3, -0.25) is 10.6 Å². The van der Waals surface area contributed by atoms with Crippen LogP contribution in [0.3, 0.4) is 0 Å². The summed E-state index contributed by atoms with van der Waals surface area (Å²) in [5, 5.41) is 32.1. The zero-order valence-corrected chi connectivity index (χ0v) is 37.0. The highest BCUT2D eigenvalue weighted by atomic mass is 19.1. The number of hydrogen-bond acceptors (Lipinski definition) is 16. The molecule has 18 nitrogen and oxygen atoms in total. The average molecular weight is 925 g/mol. The number of carbonyl (C=O) groups excluding carboxylic acids is 2. The van der Waals surface area contributed by atoms with Gasteiger partial charge in [-0.05, 0) is 98.5 Å². The Kier molecular flexibility index (Phi) is 12.5. The second-order valence-corrected chi connectivity index (χ2v) is 16.9. The normalized spacial score (nSPS) is 19.0. The predicted octanol–water partition coefficient (Wildman–Crippen LogP) is 8.74. The summed E-state index contributed by atoms with van der Waals surface area (Å²) in [6.45, 7) is 6.02. The van der Waals surface area contributed by atoms with Gasteiger partial charge in [0.15, 0.2) is 11.6 Å². The van der Waals surface area contributed by atoms with Crippen molar-refractivity contribution < 1.29 is 37.3 Å². The molecule has 68 heavy (non-hydrogen) atoms. The number of carbonyl (C=O) groups is 2. The van der Waals surface area contributed by atoms with Crippen molar-refractivity contribution in [3.63, 3.8) is 0 Å². The zero-order valence-electron chi connectivity index (χ0n) is 37.0. The van der Waals surface area contributed by atoms with Gasteiger partial charge in [-0.15, -0.1) is 0 Å². The number of aromatic nitrogens is 4. The monoisotopic (exact) mass is 924 g/mol. The number of nitrogen functional groups attached to an aromatic ring is 2. The first-order chi connectivity index (χ1) is 32.9. The number of nitrogens with one attached hydrogen (secondary N) is 4. The number of benzene rings is 2. The number of pyridine rings is 4. The molecule has 6 aromatic rings. The van der Waals surface area contributed by atoms with Gasteiger partial charge < -0.3 is 41.0 Å². The number of hydrogen-bond donors (Lipinski definition) is 6. The van der Waals surface area contributed by atoms with Crippen LogP contribution in [0.15, 0.2) is 49.1 Å². The number of nitrogens with two attached hydrogens (primary N) is 2. The van der Waals surface area contributed by atoms with Gasteiger partial charge in [-0.25, -0.2) is 38.3 Å². The van der Waals surface area contributed by atoms with E-state index < -0.39 is 36.0 Å². The van der Waals surface area contributed by atoms with Gasteiger partial charge in [0, 0.05) is 70.9 Å². The lowest BCUT2D eigenvalue weighted by Crippen LogP contribution is -2.25. The smallest absolute Gasteiger partial charge is 0.413 e. The van der Waals surface area contributed by atoms with E-state index in [-0.39, 0.29) is 46.0 Å². The van der Waals surface area contributed by atoms with E-state index in [2.05, 4.69) is 53.3 Å². The Morgan fingerprint density at radius 2 is 1.09 bits per heavy atom. The Balaban J connectivity index is 0.000000170. The van der Waals surface area contributed by atoms with Crippen LogP contribution in [0, 0.1) is 60.0 Å². The van der Waals surface area contributed by atoms with Crippen molar-refractivity contribution >= 4 is 68.1 Å². The number of anilines is 6. The molecule has 20 heteroatoms. The Morgan fingerprint density at radius 3 is 1.50 bits per heavy atom. The highest BCUT2D eigenvalue weighted by Gasteiger charge is 2.32. The molecule has 8 N–H and O–H groups in total. The topological polar surface area (TPSA) is 270 Å². The van der Waals surface area contributed by atoms with Crippen molar-refractivity contribution in [2.24, 2.45) is 11.8 Å². The third-order valence-corrected chi connectivity index (χ3v) is 12.7. The van der Waals surface area contributed by atoms with E-state index in [1.807, 2.05) is 13.8 Å². The summed E-state index contributed by atoms with van der Waals surface area (Å²) in [4.78, 5) is 41.7. The van der Waals surface area contributed by atoms with Gasteiger partial charge in [0.05, 0.1) is 35.3 Å². The standard InChI is InChI=1S/2C24H23FN6O3/c2*1-12-16(10-30-23-22(12)28-5-6-33-23)15-7-14-8-19(29-11-17(14)21(27)20(15)25)31-24(32)34-18-4-2-3-13(18)9-26/h2*7-8,10-11,13,18,28H,2-6,27H2,1H3,(H,29,31,32)/t2*13-,18+/m10/s1. The zero-order chi connectivity index (χ0) is 47.6. The Hall–Kier alpha value is -8.26. The molecule has 0 radical (unpaired) electrons. The van der Waals surface area contributed by atoms with E-state index in [4.69, 9.17) is 30.4 Å². The molecule has 4 atom stereocenters. The summed E-state index contributed by atoms with van der Waals surface area (Å²) in [5.74, 6) is -0.302. The summed E-state index contributed by atoms with van der Waals surface area (Å²) in [6, 6.07) is 10.9. The molecule has 2 fully saturated rings. The van der Waals surface area contributed by atoms with Crippen LogP contribution in [0.1, 0.15) is 49.7 Å². The molecule has 0 unspecified atom stereocenters. The van der Waals surface area contributed by atoms with Gasteiger partial charge >= 0.3 is 12.2 Å². The van der Waals surface area contributed by atoms with Crippen LogP contribution in [0.4, 0.5) is 52.8 Å². The average Bonchev–Trinajstić information content (AvgIpc) is 4.00. The van der Waals surface area contributed by atoms with E-state index in [1.54, 1.807) is 36.7 Å². The van der Waals surface area contributed by atoms with Gasteiger partial charge in [-0.2, -0.15) is 10.5 Å². The minimum absolute atomic E-state index is 0.0433. The number of fused-ring (bicyclic) bond motifs is 4. The van der Waals surface area contributed by atoms with E-state index >= 15 is 8.78 Å². The lowest BCUT2D eigenvalue weighted by Gasteiger charge is -2.22. The van der Waals surface area contributed by atoms with Crippen molar-refractivity contribution in [1.82, 2.24) is 19.9 Å². The maximum Gasteiger partial charge on any atom is 0.413 e. The van der Waals surface area contributed by atoms with E-state index in [9.17, 15) is 20.1 Å². The number of halogens is 2. The summed E-state index contributed by atoms with van der Waals surface area (Å²) in [7, 11) is 0. The van der Waals surface area contributed by atoms with Crippen LogP contribution in [-0.4, -0.2) is 70.6 Å². The van der Waals surface area contributed by atoms with Crippen molar-refractivity contribution in [1.29, 1.82) is 10.5 Å². The highest BCUT2D eigenvalue weighted by Crippen LogP contribution is 2.42. The molecule has 2 saturated carbocycles. The quantitative estimate of drug-likeness (QED) is 0.0852. The molecule has 0 spiro atoms. The van der Waals surface area contributed by atoms with Crippen molar-refractivity contribution in [2.45, 2.75) is 64.6 Å². The number of nitrogens with zero attached hydrogens (tertiary/aromatic N) is 6. The maximum absolute atomic E-state index is 15.3. The minimum Gasteiger partial charge on any atom is -0.474 e. The van der Waals surface area contributed by atoms with Crippen LogP contribution in [0.5, 0.6) is 11.8 Å². The number of amides is 2. The molecule has 2 aromatic carbocycles. The lowest BCUT2D eigenvalue weighted by molar-refractivity contribution is 0.0991. The second-order valence-electron chi connectivity index (χ2n) is 16.9. The predicted molar refractivity (Wildman–Crippen MR) is 250 cm³/mol. The molecule has 348 valence electrons. The fraction of sp³-hybridized carbons (Fsp3) is 0.333. The van der Waals surface area contributed by atoms with Gasteiger partial charge in [0.25, 0.3) is 0 Å². The summed E-state index contributed by atoms with van der Waals surface area (Å²) >= 11 is 0. The third-order valence-electron chi connectivity index (χ3n) is 12.7. The van der Waals surface area contributed by atoms with Crippen LogP contribution >= 0.6 is 0 Å². The Bertz CT molecular complexity index is 2880. The first kappa shape index (κ1) is 44.9. The molecule has 0 bridgehead atoms. The number of rotatable bonds is 6. The van der Waals surface area contributed by atoms with Crippen molar-refractivity contribution in [2.75, 3.05) is 59.0 Å². The minimum atomic E-state index is -0.685. The Morgan fingerprint density at radius 1 is 0.662 bits per heavy atom. The van der Waals surface area contributed by atoms with E-state index in [1.165, 1.54) is 12.4 Å². The molecule has 4 aliphatic rings. The molecule has 2 aliphatic heterocycles. The summed E-state index contributed by atoms with van der Waals surface area (Å²) in [6.07, 6.45) is 8.15. The summed E-state index contributed by atoms with van der Waals surface area (Å²) < 4.78 is 52.5. The van der Waals surface area contributed by atoms with Crippen LogP contribution in [0.25, 0.3) is 43.8 Å². The Labute approximate surface area is 388 Å². The number of ether oxygens (including phenoxy) is 4. The number of nitriles is 2.